The van der Waals surface area contributed by atoms with E-state index in [1.54, 1.807) is 6.20 Å². The first kappa shape index (κ1) is 18.8. The van der Waals surface area contributed by atoms with Crippen LogP contribution in [0.15, 0.2) is 34.7 Å². The van der Waals surface area contributed by atoms with E-state index < -0.39 is 10.0 Å². The van der Waals surface area contributed by atoms with Crippen molar-refractivity contribution in [3.8, 4) is 0 Å². The summed E-state index contributed by atoms with van der Waals surface area (Å²) in [6, 6.07) is 4.06. The highest BCUT2D eigenvalue weighted by molar-refractivity contribution is 7.89. The van der Waals surface area contributed by atoms with Gasteiger partial charge in [0, 0.05) is 37.2 Å². The molecule has 0 aliphatic heterocycles. The summed E-state index contributed by atoms with van der Waals surface area (Å²) in [5, 5.41) is 5.51. The number of carbonyl (C=O) groups excluding carboxylic acids is 1. The van der Waals surface area contributed by atoms with E-state index in [1.807, 2.05) is 5.38 Å². The predicted molar refractivity (Wildman–Crippen MR) is 91.6 cm³/mol. The van der Waals surface area contributed by atoms with Crippen molar-refractivity contribution in [3.63, 3.8) is 0 Å². The molecule has 24 heavy (non-hydrogen) atoms. The highest BCUT2D eigenvalue weighted by atomic mass is 35.5. The number of thiazole rings is 1. The van der Waals surface area contributed by atoms with Crippen LogP contribution < -0.4 is 5.32 Å². The van der Waals surface area contributed by atoms with E-state index in [0.717, 1.165) is 5.01 Å². The molecule has 2 rings (SSSR count). The maximum Gasteiger partial charge on any atom is 0.266 e. The second-order valence-electron chi connectivity index (χ2n) is 4.67. The predicted octanol–water partition coefficient (Wildman–Crippen LogP) is 1.95. The Kier molecular flexibility index (Phi) is 6.30. The normalized spacial score (nSPS) is 11.7. The van der Waals surface area contributed by atoms with Crippen molar-refractivity contribution >= 4 is 38.9 Å². The summed E-state index contributed by atoms with van der Waals surface area (Å²) < 4.78 is 25.3. The van der Waals surface area contributed by atoms with Gasteiger partial charge in [-0.05, 0) is 18.2 Å². The minimum Gasteiger partial charge on any atom is -0.352 e. The van der Waals surface area contributed by atoms with E-state index in [2.05, 4.69) is 10.3 Å². The number of sulfonamides is 1. The van der Waals surface area contributed by atoms with Crippen molar-refractivity contribution < 1.29 is 18.0 Å². The second-order valence-corrected chi connectivity index (χ2v) is 7.96. The number of rotatable bonds is 7. The SMILES string of the molecule is CON(C)S(=O)(=O)c1cc(C(=O)NCCc2nccs2)ccc1Cl. The smallest absolute Gasteiger partial charge is 0.266 e. The number of hydroxylamine groups is 1. The molecule has 1 aromatic heterocycles. The Balaban J connectivity index is 2.13. The molecule has 7 nitrogen and oxygen atoms in total. The molecular weight excluding hydrogens is 374 g/mol. The van der Waals surface area contributed by atoms with Crippen LogP contribution in [0.5, 0.6) is 0 Å². The summed E-state index contributed by atoms with van der Waals surface area (Å²) in [5.41, 5.74) is 0.196. The number of carbonyl (C=O) groups is 1. The number of aromatic nitrogens is 1. The maximum atomic E-state index is 12.3. The molecule has 1 amide bonds. The fourth-order valence-corrected chi connectivity index (χ4v) is 3.93. The van der Waals surface area contributed by atoms with Crippen LogP contribution in [0.1, 0.15) is 15.4 Å². The number of benzene rings is 1. The Labute approximate surface area is 149 Å². The molecule has 10 heteroatoms. The number of nitrogens with one attached hydrogen (secondary N) is 1. The van der Waals surface area contributed by atoms with Gasteiger partial charge < -0.3 is 5.32 Å². The highest BCUT2D eigenvalue weighted by Gasteiger charge is 2.25. The molecule has 0 bridgehead atoms. The topological polar surface area (TPSA) is 88.6 Å². The van der Waals surface area contributed by atoms with E-state index in [9.17, 15) is 13.2 Å². The molecule has 0 radical (unpaired) electrons. The summed E-state index contributed by atoms with van der Waals surface area (Å²) >= 11 is 7.46. The molecule has 0 fully saturated rings. The van der Waals surface area contributed by atoms with E-state index in [1.165, 1.54) is 43.7 Å². The minimum atomic E-state index is -3.94. The Bertz CT molecular complexity index is 809. The zero-order chi connectivity index (χ0) is 17.7. The van der Waals surface area contributed by atoms with Gasteiger partial charge in [0.15, 0.2) is 0 Å². The molecule has 2 aromatic rings. The number of nitrogens with zero attached hydrogens (tertiary/aromatic N) is 2. The summed E-state index contributed by atoms with van der Waals surface area (Å²) in [4.78, 5) is 20.8. The van der Waals surface area contributed by atoms with Gasteiger partial charge in [0.1, 0.15) is 4.90 Å². The van der Waals surface area contributed by atoms with Gasteiger partial charge >= 0.3 is 0 Å². The van der Waals surface area contributed by atoms with Gasteiger partial charge in [-0.1, -0.05) is 16.1 Å². The molecule has 0 saturated heterocycles. The third kappa shape index (κ3) is 4.31. The Morgan fingerprint density at radius 3 is 2.83 bits per heavy atom. The maximum absolute atomic E-state index is 12.3. The molecular formula is C14H16ClN3O4S2. The number of amides is 1. The van der Waals surface area contributed by atoms with Crippen LogP contribution in [-0.2, 0) is 21.3 Å². The lowest BCUT2D eigenvalue weighted by molar-refractivity contribution is -0.0258. The molecule has 1 heterocycles. The molecule has 1 N–H and O–H groups in total. The van der Waals surface area contributed by atoms with Crippen LogP contribution in [-0.4, -0.2) is 44.5 Å². The summed E-state index contributed by atoms with van der Waals surface area (Å²) in [6.07, 6.45) is 2.30. The first-order valence-electron chi connectivity index (χ1n) is 6.85. The van der Waals surface area contributed by atoms with Gasteiger partial charge in [-0.3, -0.25) is 9.63 Å². The van der Waals surface area contributed by atoms with E-state index in [4.69, 9.17) is 16.4 Å². The zero-order valence-corrected chi connectivity index (χ0v) is 15.4. The number of halogens is 1. The van der Waals surface area contributed by atoms with Gasteiger partial charge in [-0.2, -0.15) is 0 Å². The summed E-state index contributed by atoms with van der Waals surface area (Å²) in [6.45, 7) is 0.398. The van der Waals surface area contributed by atoms with Crippen molar-refractivity contribution in [3.05, 3.63) is 45.4 Å². The van der Waals surface area contributed by atoms with Crippen LogP contribution in [0.3, 0.4) is 0 Å². The van der Waals surface area contributed by atoms with Crippen LogP contribution in [0.25, 0.3) is 0 Å². The van der Waals surface area contributed by atoms with Crippen molar-refractivity contribution in [1.29, 1.82) is 0 Å². The standard InChI is InChI=1S/C14H16ClN3O4S2/c1-18(22-2)24(20,21)12-9-10(3-4-11(12)15)14(19)17-6-5-13-16-7-8-23-13/h3-4,7-9H,5-6H2,1-2H3,(H,17,19). The molecule has 0 unspecified atom stereocenters. The number of hydrogen-bond donors (Lipinski definition) is 1. The Morgan fingerprint density at radius 1 is 1.46 bits per heavy atom. The van der Waals surface area contributed by atoms with E-state index in [-0.39, 0.29) is 21.4 Å². The molecule has 0 aliphatic rings. The van der Waals surface area contributed by atoms with Gasteiger partial charge in [0.25, 0.3) is 15.9 Å². The lowest BCUT2D eigenvalue weighted by atomic mass is 10.2. The van der Waals surface area contributed by atoms with Crippen molar-refractivity contribution in [2.75, 3.05) is 20.7 Å². The molecule has 1 aromatic carbocycles. The fraction of sp³-hybridized carbons (Fsp3) is 0.286. The van der Waals surface area contributed by atoms with Gasteiger partial charge in [-0.25, -0.2) is 13.4 Å². The van der Waals surface area contributed by atoms with Gasteiger partial charge in [0.2, 0.25) is 0 Å². The number of hydrogen-bond acceptors (Lipinski definition) is 6. The van der Waals surface area contributed by atoms with Crippen molar-refractivity contribution in [2.45, 2.75) is 11.3 Å². The molecule has 0 saturated carbocycles. The first-order valence-corrected chi connectivity index (χ1v) is 9.55. The average Bonchev–Trinajstić information content (AvgIpc) is 3.07. The third-order valence-corrected chi connectivity index (χ3v) is 6.18. The monoisotopic (exact) mass is 389 g/mol. The van der Waals surface area contributed by atoms with Crippen LogP contribution >= 0.6 is 22.9 Å². The molecule has 130 valence electrons. The fourth-order valence-electron chi connectivity index (χ4n) is 1.84. The third-order valence-electron chi connectivity index (χ3n) is 3.17. The van der Waals surface area contributed by atoms with Gasteiger partial charge in [-0.15, -0.1) is 11.3 Å². The summed E-state index contributed by atoms with van der Waals surface area (Å²) in [7, 11) is -1.48. The molecule has 0 atom stereocenters. The zero-order valence-electron chi connectivity index (χ0n) is 13.0. The largest absolute Gasteiger partial charge is 0.352 e. The van der Waals surface area contributed by atoms with E-state index >= 15 is 0 Å². The van der Waals surface area contributed by atoms with Crippen LogP contribution in [0.4, 0.5) is 0 Å². The van der Waals surface area contributed by atoms with Gasteiger partial charge in [0.05, 0.1) is 17.1 Å². The van der Waals surface area contributed by atoms with E-state index in [0.29, 0.717) is 17.4 Å². The van der Waals surface area contributed by atoms with Crippen LogP contribution in [0, 0.1) is 0 Å². The lowest BCUT2D eigenvalue weighted by Crippen LogP contribution is -2.28. The Morgan fingerprint density at radius 2 is 2.21 bits per heavy atom. The lowest BCUT2D eigenvalue weighted by Gasteiger charge is -2.15. The second kappa shape index (κ2) is 8.04. The minimum absolute atomic E-state index is 0.0123. The first-order chi connectivity index (χ1) is 11.4. The molecule has 0 spiro atoms. The van der Waals surface area contributed by atoms with Crippen LogP contribution in [0.2, 0.25) is 5.02 Å². The average molecular weight is 390 g/mol. The molecule has 0 aliphatic carbocycles. The highest BCUT2D eigenvalue weighted by Crippen LogP contribution is 2.25. The quantitative estimate of drug-likeness (QED) is 0.731. The summed E-state index contributed by atoms with van der Waals surface area (Å²) in [5.74, 6) is -0.389. The van der Waals surface area contributed by atoms with Crippen molar-refractivity contribution in [2.24, 2.45) is 0 Å². The Hall–Kier alpha value is -1.52. The van der Waals surface area contributed by atoms with Crippen molar-refractivity contribution in [1.82, 2.24) is 14.8 Å².